The number of anilines is 1. The van der Waals surface area contributed by atoms with Crippen LogP contribution in [0, 0.1) is 18.3 Å². The standard InChI is InChI=1S/C16H16N2O2/c1-11-7-12(9-17)3-4-13(11)10-20-16-8-14(19-2)5-6-15(16)18/h3-8H,10,18H2,1-2H3. The Hall–Kier alpha value is -2.67. The van der Waals surface area contributed by atoms with E-state index in [0.29, 0.717) is 29.4 Å². The Kier molecular flexibility index (Phi) is 4.11. The molecule has 0 aromatic heterocycles. The van der Waals surface area contributed by atoms with Crippen LogP contribution in [0.15, 0.2) is 36.4 Å². The summed E-state index contributed by atoms with van der Waals surface area (Å²) in [7, 11) is 1.60. The van der Waals surface area contributed by atoms with Gasteiger partial charge < -0.3 is 15.2 Å². The van der Waals surface area contributed by atoms with Gasteiger partial charge in [0.25, 0.3) is 0 Å². The van der Waals surface area contributed by atoms with Crippen molar-refractivity contribution < 1.29 is 9.47 Å². The zero-order valence-electron chi connectivity index (χ0n) is 11.5. The van der Waals surface area contributed by atoms with Crippen LogP contribution in [0.2, 0.25) is 0 Å². The van der Waals surface area contributed by atoms with Gasteiger partial charge in [0.15, 0.2) is 0 Å². The van der Waals surface area contributed by atoms with E-state index in [1.807, 2.05) is 19.1 Å². The molecule has 2 N–H and O–H groups in total. The van der Waals surface area contributed by atoms with Crippen LogP contribution in [0.1, 0.15) is 16.7 Å². The number of rotatable bonds is 4. The van der Waals surface area contributed by atoms with Crippen molar-refractivity contribution in [1.82, 2.24) is 0 Å². The fraction of sp³-hybridized carbons (Fsp3) is 0.188. The van der Waals surface area contributed by atoms with Crippen LogP contribution < -0.4 is 15.2 Å². The summed E-state index contributed by atoms with van der Waals surface area (Å²) in [6, 6.07) is 12.9. The summed E-state index contributed by atoms with van der Waals surface area (Å²) in [4.78, 5) is 0. The third-order valence-corrected chi connectivity index (χ3v) is 3.08. The molecule has 0 aliphatic carbocycles. The molecule has 0 saturated heterocycles. The molecule has 0 radical (unpaired) electrons. The minimum atomic E-state index is 0.398. The van der Waals surface area contributed by atoms with Crippen LogP contribution in [0.25, 0.3) is 0 Å². The molecule has 0 atom stereocenters. The van der Waals surface area contributed by atoms with Crippen molar-refractivity contribution in [3.05, 3.63) is 53.1 Å². The molecule has 4 heteroatoms. The second-order valence-corrected chi connectivity index (χ2v) is 4.45. The van der Waals surface area contributed by atoms with Crippen LogP contribution in [-0.2, 0) is 6.61 Å². The molecule has 20 heavy (non-hydrogen) atoms. The minimum absolute atomic E-state index is 0.398. The number of nitrogen functional groups attached to an aromatic ring is 1. The van der Waals surface area contributed by atoms with Gasteiger partial charge in [-0.3, -0.25) is 0 Å². The number of hydrogen-bond acceptors (Lipinski definition) is 4. The number of ether oxygens (including phenoxy) is 2. The van der Waals surface area contributed by atoms with Crippen molar-refractivity contribution in [2.75, 3.05) is 12.8 Å². The normalized spacial score (nSPS) is 9.85. The molecule has 0 fully saturated rings. The van der Waals surface area contributed by atoms with E-state index in [0.717, 1.165) is 11.1 Å². The van der Waals surface area contributed by atoms with Crippen LogP contribution in [0.5, 0.6) is 11.5 Å². The molecule has 0 spiro atoms. The first-order valence-corrected chi connectivity index (χ1v) is 6.20. The van der Waals surface area contributed by atoms with Gasteiger partial charge in [0.05, 0.1) is 24.4 Å². The van der Waals surface area contributed by atoms with Gasteiger partial charge in [0, 0.05) is 6.07 Å². The summed E-state index contributed by atoms with van der Waals surface area (Å²) >= 11 is 0. The zero-order valence-corrected chi connectivity index (χ0v) is 11.5. The maximum absolute atomic E-state index is 8.84. The predicted octanol–water partition coefficient (Wildman–Crippen LogP) is 3.04. The van der Waals surface area contributed by atoms with E-state index in [-0.39, 0.29) is 0 Å². The van der Waals surface area contributed by atoms with Crippen molar-refractivity contribution in [3.8, 4) is 17.6 Å². The Morgan fingerprint density at radius 2 is 2.00 bits per heavy atom. The van der Waals surface area contributed by atoms with Gasteiger partial charge in [-0.15, -0.1) is 0 Å². The summed E-state index contributed by atoms with van der Waals surface area (Å²) in [6.45, 7) is 2.35. The first-order valence-electron chi connectivity index (χ1n) is 6.20. The molecule has 0 unspecified atom stereocenters. The van der Waals surface area contributed by atoms with Gasteiger partial charge >= 0.3 is 0 Å². The largest absolute Gasteiger partial charge is 0.497 e. The maximum atomic E-state index is 8.84. The van der Waals surface area contributed by atoms with E-state index in [1.54, 1.807) is 31.4 Å². The second-order valence-electron chi connectivity index (χ2n) is 4.45. The lowest BCUT2D eigenvalue weighted by Crippen LogP contribution is -2.01. The van der Waals surface area contributed by atoms with Gasteiger partial charge in [0.1, 0.15) is 18.1 Å². The van der Waals surface area contributed by atoms with Crippen molar-refractivity contribution in [2.45, 2.75) is 13.5 Å². The molecular formula is C16H16N2O2. The molecule has 2 aromatic rings. The third-order valence-electron chi connectivity index (χ3n) is 3.08. The van der Waals surface area contributed by atoms with Crippen LogP contribution in [0.3, 0.4) is 0 Å². The van der Waals surface area contributed by atoms with E-state index >= 15 is 0 Å². The fourth-order valence-electron chi connectivity index (χ4n) is 1.85. The molecule has 0 heterocycles. The topological polar surface area (TPSA) is 68.3 Å². The lowest BCUT2D eigenvalue weighted by Gasteiger charge is -2.12. The Labute approximate surface area is 118 Å². The Balaban J connectivity index is 2.15. The Morgan fingerprint density at radius 3 is 2.65 bits per heavy atom. The van der Waals surface area contributed by atoms with Crippen molar-refractivity contribution >= 4 is 5.69 Å². The Morgan fingerprint density at radius 1 is 1.20 bits per heavy atom. The van der Waals surface area contributed by atoms with Gasteiger partial charge in [0.2, 0.25) is 0 Å². The number of aryl methyl sites for hydroxylation is 1. The molecule has 0 bridgehead atoms. The van der Waals surface area contributed by atoms with Gasteiger partial charge in [-0.2, -0.15) is 5.26 Å². The monoisotopic (exact) mass is 268 g/mol. The van der Waals surface area contributed by atoms with E-state index < -0.39 is 0 Å². The molecule has 2 aromatic carbocycles. The molecule has 0 aliphatic rings. The highest BCUT2D eigenvalue weighted by atomic mass is 16.5. The van der Waals surface area contributed by atoms with Gasteiger partial charge in [-0.05, 0) is 42.3 Å². The third kappa shape index (κ3) is 3.01. The number of nitrogens with two attached hydrogens (primary N) is 1. The first-order chi connectivity index (χ1) is 9.63. The van der Waals surface area contributed by atoms with Crippen LogP contribution in [0.4, 0.5) is 5.69 Å². The smallest absolute Gasteiger partial charge is 0.146 e. The summed E-state index contributed by atoms with van der Waals surface area (Å²) in [5.41, 5.74) is 9.12. The number of nitrogens with zero attached hydrogens (tertiary/aromatic N) is 1. The van der Waals surface area contributed by atoms with Gasteiger partial charge in [-0.1, -0.05) is 6.07 Å². The van der Waals surface area contributed by atoms with E-state index in [1.165, 1.54) is 0 Å². The van der Waals surface area contributed by atoms with E-state index in [9.17, 15) is 0 Å². The second kappa shape index (κ2) is 5.98. The SMILES string of the molecule is COc1ccc(N)c(OCc2ccc(C#N)cc2C)c1. The fourth-order valence-corrected chi connectivity index (χ4v) is 1.85. The Bertz CT molecular complexity index is 660. The highest BCUT2D eigenvalue weighted by Crippen LogP contribution is 2.27. The lowest BCUT2D eigenvalue weighted by atomic mass is 10.1. The highest BCUT2D eigenvalue weighted by molar-refractivity contribution is 5.55. The van der Waals surface area contributed by atoms with Crippen molar-refractivity contribution in [2.24, 2.45) is 0 Å². The quantitative estimate of drug-likeness (QED) is 0.865. The molecule has 4 nitrogen and oxygen atoms in total. The summed E-state index contributed by atoms with van der Waals surface area (Å²) in [5, 5.41) is 8.84. The number of methoxy groups -OCH3 is 1. The summed E-state index contributed by atoms with van der Waals surface area (Å²) < 4.78 is 10.9. The number of hydrogen-bond donors (Lipinski definition) is 1. The number of benzene rings is 2. The van der Waals surface area contributed by atoms with Crippen molar-refractivity contribution in [3.63, 3.8) is 0 Å². The van der Waals surface area contributed by atoms with E-state index in [4.69, 9.17) is 20.5 Å². The van der Waals surface area contributed by atoms with E-state index in [2.05, 4.69) is 6.07 Å². The molecule has 0 saturated carbocycles. The molecule has 0 aliphatic heterocycles. The predicted molar refractivity (Wildman–Crippen MR) is 77.6 cm³/mol. The molecule has 0 amide bonds. The first kappa shape index (κ1) is 13.8. The minimum Gasteiger partial charge on any atom is -0.497 e. The highest BCUT2D eigenvalue weighted by Gasteiger charge is 2.05. The van der Waals surface area contributed by atoms with Gasteiger partial charge in [-0.25, -0.2) is 0 Å². The molecule has 102 valence electrons. The average molecular weight is 268 g/mol. The van der Waals surface area contributed by atoms with Crippen molar-refractivity contribution in [1.29, 1.82) is 5.26 Å². The number of nitriles is 1. The molecular weight excluding hydrogens is 252 g/mol. The lowest BCUT2D eigenvalue weighted by molar-refractivity contribution is 0.304. The molecule has 2 rings (SSSR count). The zero-order chi connectivity index (χ0) is 14.5. The van der Waals surface area contributed by atoms with Crippen LogP contribution >= 0.6 is 0 Å². The summed E-state index contributed by atoms with van der Waals surface area (Å²) in [6.07, 6.45) is 0. The average Bonchev–Trinajstić information content (AvgIpc) is 2.47. The summed E-state index contributed by atoms with van der Waals surface area (Å²) in [5.74, 6) is 1.29. The maximum Gasteiger partial charge on any atom is 0.146 e. The van der Waals surface area contributed by atoms with Crippen LogP contribution in [-0.4, -0.2) is 7.11 Å².